The zero-order valence-corrected chi connectivity index (χ0v) is 19.0. The summed E-state index contributed by atoms with van der Waals surface area (Å²) in [6, 6.07) is 22.2. The van der Waals surface area contributed by atoms with Crippen molar-refractivity contribution in [3.8, 4) is 11.5 Å². The molecule has 0 N–H and O–H groups in total. The lowest BCUT2D eigenvalue weighted by atomic mass is 10.0. The van der Waals surface area contributed by atoms with Crippen molar-refractivity contribution in [1.82, 2.24) is 9.80 Å². The fraction of sp³-hybridized carbons (Fsp3) is 0.296. The first kappa shape index (κ1) is 22.1. The van der Waals surface area contributed by atoms with Crippen molar-refractivity contribution in [3.05, 3.63) is 94.8 Å². The summed E-state index contributed by atoms with van der Waals surface area (Å²) in [7, 11) is 0. The summed E-state index contributed by atoms with van der Waals surface area (Å²) in [6.45, 7) is 2.86. The molecule has 2 fully saturated rings. The monoisotopic (exact) mass is 464 g/mol. The highest BCUT2D eigenvalue weighted by Gasteiger charge is 2.45. The van der Waals surface area contributed by atoms with Crippen LogP contribution < -0.4 is 4.74 Å². The second-order valence-electron chi connectivity index (χ2n) is 8.78. The van der Waals surface area contributed by atoms with Crippen molar-refractivity contribution in [1.29, 1.82) is 0 Å². The summed E-state index contributed by atoms with van der Waals surface area (Å²) >= 11 is 6.31. The number of carbonyl (C=O) groups is 1. The van der Waals surface area contributed by atoms with Crippen LogP contribution in [-0.2, 0) is 11.2 Å². The van der Waals surface area contributed by atoms with E-state index in [4.69, 9.17) is 16.3 Å². The maximum Gasteiger partial charge on any atom is 0.141 e. The number of aldehydes is 1. The summed E-state index contributed by atoms with van der Waals surface area (Å²) in [5.74, 6) is 0.933. The van der Waals surface area contributed by atoms with E-state index >= 15 is 0 Å². The predicted molar refractivity (Wildman–Crippen MR) is 127 cm³/mol. The SMILES string of the molecule is O=CC(c1ccc(Oc2ccc(F)cc2)cc1)N1CC2CC1CN2CCc1ccccc1Cl. The Labute approximate surface area is 198 Å². The Kier molecular flexibility index (Phi) is 6.45. The number of hydrogen-bond acceptors (Lipinski definition) is 4. The first-order valence-corrected chi connectivity index (χ1v) is 11.7. The van der Waals surface area contributed by atoms with E-state index in [0.717, 1.165) is 49.3 Å². The molecule has 0 radical (unpaired) electrons. The maximum absolute atomic E-state index is 13.1. The van der Waals surface area contributed by atoms with Crippen LogP contribution in [0.1, 0.15) is 23.6 Å². The Morgan fingerprint density at radius 1 is 0.970 bits per heavy atom. The topological polar surface area (TPSA) is 32.8 Å². The average Bonchev–Trinajstić information content (AvgIpc) is 3.42. The van der Waals surface area contributed by atoms with Crippen LogP contribution in [0.15, 0.2) is 72.8 Å². The van der Waals surface area contributed by atoms with Crippen LogP contribution in [0, 0.1) is 5.82 Å². The van der Waals surface area contributed by atoms with E-state index in [1.165, 1.54) is 17.7 Å². The molecule has 2 aliphatic heterocycles. The molecular weight excluding hydrogens is 439 g/mol. The number of fused-ring (bicyclic) bond motifs is 2. The van der Waals surface area contributed by atoms with Gasteiger partial charge < -0.3 is 9.53 Å². The number of nitrogens with zero attached hydrogens (tertiary/aromatic N) is 2. The van der Waals surface area contributed by atoms with Gasteiger partial charge in [-0.05, 0) is 66.4 Å². The third-order valence-corrected chi connectivity index (χ3v) is 7.15. The van der Waals surface area contributed by atoms with Crippen molar-refractivity contribution >= 4 is 17.9 Å². The number of ether oxygens (including phenoxy) is 1. The molecule has 170 valence electrons. The predicted octanol–water partition coefficient (Wildman–Crippen LogP) is 5.51. The third-order valence-electron chi connectivity index (χ3n) is 6.78. The van der Waals surface area contributed by atoms with Crippen molar-refractivity contribution < 1.29 is 13.9 Å². The van der Waals surface area contributed by atoms with Gasteiger partial charge in [0.05, 0.1) is 6.04 Å². The summed E-state index contributed by atoms with van der Waals surface area (Å²) in [6.07, 6.45) is 3.08. The Bertz CT molecular complexity index is 1110. The summed E-state index contributed by atoms with van der Waals surface area (Å²) in [4.78, 5) is 16.9. The Morgan fingerprint density at radius 2 is 1.67 bits per heavy atom. The molecule has 5 rings (SSSR count). The number of likely N-dealkylation sites (tertiary alicyclic amines) is 2. The quantitative estimate of drug-likeness (QED) is 0.411. The molecular formula is C27H26ClFN2O2. The summed E-state index contributed by atoms with van der Waals surface area (Å²) in [5, 5.41) is 0.830. The highest BCUT2D eigenvalue weighted by atomic mass is 35.5. The second-order valence-corrected chi connectivity index (χ2v) is 9.19. The van der Waals surface area contributed by atoms with Gasteiger partial charge in [-0.25, -0.2) is 4.39 Å². The van der Waals surface area contributed by atoms with E-state index in [1.807, 2.05) is 42.5 Å². The normalized spacial score (nSPS) is 21.3. The Hall–Kier alpha value is -2.73. The molecule has 0 aromatic heterocycles. The lowest BCUT2D eigenvalue weighted by Gasteiger charge is -2.37. The first-order chi connectivity index (χ1) is 16.1. The highest BCUT2D eigenvalue weighted by molar-refractivity contribution is 6.31. The largest absolute Gasteiger partial charge is 0.457 e. The summed E-state index contributed by atoms with van der Waals surface area (Å²) < 4.78 is 18.9. The van der Waals surface area contributed by atoms with Crippen molar-refractivity contribution in [2.75, 3.05) is 19.6 Å². The number of halogens is 2. The van der Waals surface area contributed by atoms with Gasteiger partial charge in [0.25, 0.3) is 0 Å². The van der Waals surface area contributed by atoms with E-state index in [9.17, 15) is 9.18 Å². The molecule has 2 saturated heterocycles. The molecule has 0 amide bonds. The molecule has 3 aromatic carbocycles. The van der Waals surface area contributed by atoms with E-state index < -0.39 is 0 Å². The molecule has 33 heavy (non-hydrogen) atoms. The van der Waals surface area contributed by atoms with Crippen LogP contribution in [0.25, 0.3) is 0 Å². The van der Waals surface area contributed by atoms with Crippen LogP contribution in [0.3, 0.4) is 0 Å². The molecule has 0 spiro atoms. The van der Waals surface area contributed by atoms with Gasteiger partial charge in [-0.2, -0.15) is 0 Å². The lowest BCUT2D eigenvalue weighted by Crippen LogP contribution is -2.48. The number of benzene rings is 3. The number of piperazine rings is 1. The van der Waals surface area contributed by atoms with Gasteiger partial charge in [0, 0.05) is 36.7 Å². The Balaban J connectivity index is 1.20. The maximum atomic E-state index is 13.1. The van der Waals surface area contributed by atoms with Gasteiger partial charge >= 0.3 is 0 Å². The number of hydrogen-bond donors (Lipinski definition) is 0. The molecule has 2 heterocycles. The zero-order chi connectivity index (χ0) is 22.8. The fourth-order valence-electron chi connectivity index (χ4n) is 5.08. The number of rotatable bonds is 8. The van der Waals surface area contributed by atoms with Crippen molar-refractivity contribution in [3.63, 3.8) is 0 Å². The van der Waals surface area contributed by atoms with Crippen molar-refractivity contribution in [2.24, 2.45) is 0 Å². The second kappa shape index (κ2) is 9.64. The average molecular weight is 465 g/mol. The van der Waals surface area contributed by atoms with Crippen LogP contribution >= 0.6 is 11.6 Å². The molecule has 3 atom stereocenters. The minimum atomic E-state index is -0.297. The van der Waals surface area contributed by atoms with Gasteiger partial charge in [-0.1, -0.05) is 41.9 Å². The van der Waals surface area contributed by atoms with Crippen LogP contribution in [0.5, 0.6) is 11.5 Å². The lowest BCUT2D eigenvalue weighted by molar-refractivity contribution is -0.113. The summed E-state index contributed by atoms with van der Waals surface area (Å²) in [5.41, 5.74) is 2.15. The van der Waals surface area contributed by atoms with Crippen molar-refractivity contribution in [2.45, 2.75) is 31.0 Å². The highest BCUT2D eigenvalue weighted by Crippen LogP contribution is 2.37. The fourth-order valence-corrected chi connectivity index (χ4v) is 5.31. The smallest absolute Gasteiger partial charge is 0.141 e. The van der Waals surface area contributed by atoms with Gasteiger partial charge in [0.15, 0.2) is 0 Å². The minimum absolute atomic E-state index is 0.259. The van der Waals surface area contributed by atoms with Crippen LogP contribution in [0.2, 0.25) is 5.02 Å². The molecule has 2 aliphatic rings. The molecule has 2 bridgehead atoms. The minimum Gasteiger partial charge on any atom is -0.457 e. The zero-order valence-electron chi connectivity index (χ0n) is 18.2. The van der Waals surface area contributed by atoms with Crippen LogP contribution in [0.4, 0.5) is 4.39 Å². The molecule has 6 heteroatoms. The van der Waals surface area contributed by atoms with E-state index in [1.54, 1.807) is 12.1 Å². The molecule has 3 unspecified atom stereocenters. The van der Waals surface area contributed by atoms with Gasteiger partial charge in [-0.15, -0.1) is 0 Å². The standard InChI is InChI=1S/C27H26ClFN2O2/c28-26-4-2-1-3-19(26)13-14-30-16-23-15-22(30)17-31(23)27(18-32)20-5-9-24(10-6-20)33-25-11-7-21(29)8-12-25/h1-12,18,22-23,27H,13-17H2. The van der Waals surface area contributed by atoms with Crippen LogP contribution in [-0.4, -0.2) is 47.8 Å². The molecule has 0 saturated carbocycles. The molecule has 3 aromatic rings. The molecule has 0 aliphatic carbocycles. The first-order valence-electron chi connectivity index (χ1n) is 11.3. The third kappa shape index (κ3) is 4.81. The van der Waals surface area contributed by atoms with Gasteiger partial charge in [-0.3, -0.25) is 9.80 Å². The van der Waals surface area contributed by atoms with Gasteiger partial charge in [0.1, 0.15) is 23.6 Å². The van der Waals surface area contributed by atoms with E-state index in [0.29, 0.717) is 23.6 Å². The molecule has 4 nitrogen and oxygen atoms in total. The number of carbonyl (C=O) groups excluding carboxylic acids is 1. The van der Waals surface area contributed by atoms with Gasteiger partial charge in [0.2, 0.25) is 0 Å². The van der Waals surface area contributed by atoms with E-state index in [2.05, 4.69) is 15.9 Å². The Morgan fingerprint density at radius 3 is 2.30 bits per heavy atom. The van der Waals surface area contributed by atoms with E-state index in [-0.39, 0.29) is 11.9 Å².